The van der Waals surface area contributed by atoms with E-state index in [-0.39, 0.29) is 6.04 Å². The molecule has 1 aliphatic carbocycles. The van der Waals surface area contributed by atoms with Crippen LogP contribution in [0.4, 0.5) is 0 Å². The highest BCUT2D eigenvalue weighted by molar-refractivity contribution is 9.10. The summed E-state index contributed by atoms with van der Waals surface area (Å²) in [5, 5.41) is 2.16. The monoisotopic (exact) mass is 335 g/mol. The van der Waals surface area contributed by atoms with Crippen LogP contribution in [0.5, 0.6) is 0 Å². The van der Waals surface area contributed by atoms with Crippen LogP contribution in [-0.2, 0) is 12.8 Å². The minimum atomic E-state index is 0.180. The Morgan fingerprint density at radius 3 is 2.95 bits per heavy atom. The van der Waals surface area contributed by atoms with Crippen molar-refractivity contribution in [2.24, 2.45) is 11.7 Å². The number of benzene rings is 1. The molecular formula is C16H18BrNS. The Bertz CT molecular complexity index is 563. The van der Waals surface area contributed by atoms with E-state index in [2.05, 4.69) is 51.6 Å². The highest BCUT2D eigenvalue weighted by Crippen LogP contribution is 2.35. The van der Waals surface area contributed by atoms with Crippen LogP contribution in [0.3, 0.4) is 0 Å². The summed E-state index contributed by atoms with van der Waals surface area (Å²) in [6.07, 6.45) is 4.76. The lowest BCUT2D eigenvalue weighted by molar-refractivity contribution is 0.404. The largest absolute Gasteiger partial charge is 0.324 e. The average Bonchev–Trinajstić information content (AvgIpc) is 2.75. The first-order valence-corrected chi connectivity index (χ1v) is 8.47. The Morgan fingerprint density at radius 2 is 2.16 bits per heavy atom. The van der Waals surface area contributed by atoms with Crippen LogP contribution in [0.2, 0.25) is 0 Å². The van der Waals surface area contributed by atoms with Gasteiger partial charge < -0.3 is 5.73 Å². The van der Waals surface area contributed by atoms with E-state index in [1.165, 1.54) is 39.7 Å². The predicted octanol–water partition coefficient (Wildman–Crippen LogP) is 4.71. The molecule has 19 heavy (non-hydrogen) atoms. The molecule has 0 radical (unpaired) electrons. The third-order valence-corrected chi connectivity index (χ3v) is 5.75. The third kappa shape index (κ3) is 2.93. The molecule has 1 nitrogen and oxygen atoms in total. The van der Waals surface area contributed by atoms with Crippen LogP contribution in [0.25, 0.3) is 0 Å². The molecule has 1 heterocycles. The molecule has 2 N–H and O–H groups in total. The summed E-state index contributed by atoms with van der Waals surface area (Å²) in [7, 11) is 0. The van der Waals surface area contributed by atoms with Crippen molar-refractivity contribution >= 4 is 27.3 Å². The molecule has 1 aromatic heterocycles. The SMILES string of the molecule is NC1c2ccccc2CCCC1Cc1cc(Br)cs1. The maximum Gasteiger partial charge on any atom is 0.0329 e. The molecule has 2 aromatic rings. The zero-order chi connectivity index (χ0) is 13.2. The predicted molar refractivity (Wildman–Crippen MR) is 85.5 cm³/mol. The molecule has 0 spiro atoms. The van der Waals surface area contributed by atoms with Crippen molar-refractivity contribution in [3.05, 3.63) is 56.2 Å². The normalized spacial score (nSPS) is 22.8. The fourth-order valence-electron chi connectivity index (χ4n) is 3.02. The molecule has 100 valence electrons. The quantitative estimate of drug-likeness (QED) is 0.790. The van der Waals surface area contributed by atoms with E-state index >= 15 is 0 Å². The molecule has 2 atom stereocenters. The lowest BCUT2D eigenvalue weighted by Crippen LogP contribution is -2.22. The van der Waals surface area contributed by atoms with Gasteiger partial charge in [-0.1, -0.05) is 24.3 Å². The van der Waals surface area contributed by atoms with Crippen molar-refractivity contribution in [1.29, 1.82) is 0 Å². The van der Waals surface area contributed by atoms with E-state index in [1.807, 2.05) is 11.3 Å². The molecule has 0 aliphatic heterocycles. The summed E-state index contributed by atoms with van der Waals surface area (Å²) in [6, 6.07) is 11.1. The van der Waals surface area contributed by atoms with Crippen molar-refractivity contribution in [2.75, 3.05) is 0 Å². The second-order valence-corrected chi connectivity index (χ2v) is 7.22. The Hall–Kier alpha value is -0.640. The molecule has 2 unspecified atom stereocenters. The molecule has 1 aromatic carbocycles. The Balaban J connectivity index is 1.83. The fourth-order valence-corrected chi connectivity index (χ4v) is 4.57. The number of aryl methyl sites for hydroxylation is 1. The highest BCUT2D eigenvalue weighted by atomic mass is 79.9. The van der Waals surface area contributed by atoms with Gasteiger partial charge in [-0.05, 0) is 64.7 Å². The van der Waals surface area contributed by atoms with Crippen LogP contribution >= 0.6 is 27.3 Å². The Labute approximate surface area is 127 Å². The zero-order valence-electron chi connectivity index (χ0n) is 10.8. The van der Waals surface area contributed by atoms with Gasteiger partial charge in [-0.3, -0.25) is 0 Å². The lowest BCUT2D eigenvalue weighted by atomic mass is 9.88. The summed E-state index contributed by atoms with van der Waals surface area (Å²) in [5.74, 6) is 0.564. The summed E-state index contributed by atoms with van der Waals surface area (Å²) in [5.41, 5.74) is 9.35. The second-order valence-electron chi connectivity index (χ2n) is 5.31. The molecule has 0 fully saturated rings. The van der Waals surface area contributed by atoms with Gasteiger partial charge in [-0.15, -0.1) is 11.3 Å². The molecule has 0 amide bonds. The van der Waals surface area contributed by atoms with Crippen LogP contribution in [-0.4, -0.2) is 0 Å². The van der Waals surface area contributed by atoms with Crippen LogP contribution < -0.4 is 5.73 Å². The number of hydrogen-bond donors (Lipinski definition) is 1. The summed E-state index contributed by atoms with van der Waals surface area (Å²) < 4.78 is 1.19. The molecule has 0 bridgehead atoms. The maximum absolute atomic E-state index is 6.54. The maximum atomic E-state index is 6.54. The molecular weight excluding hydrogens is 318 g/mol. The lowest BCUT2D eigenvalue weighted by Gasteiger charge is -2.22. The van der Waals surface area contributed by atoms with Gasteiger partial charge >= 0.3 is 0 Å². The first kappa shape index (κ1) is 13.3. The topological polar surface area (TPSA) is 26.0 Å². The zero-order valence-corrected chi connectivity index (χ0v) is 13.2. The smallest absolute Gasteiger partial charge is 0.0329 e. The standard InChI is InChI=1S/C16H18BrNS/c17-13-9-14(19-10-13)8-12-6-3-5-11-4-1-2-7-15(11)16(12)18/h1-2,4,7,9-10,12,16H,3,5-6,8,18H2. The molecule has 3 heteroatoms. The van der Waals surface area contributed by atoms with Crippen LogP contribution in [0.1, 0.15) is 34.9 Å². The van der Waals surface area contributed by atoms with E-state index in [0.29, 0.717) is 5.92 Å². The van der Waals surface area contributed by atoms with Crippen molar-refractivity contribution in [3.63, 3.8) is 0 Å². The number of rotatable bonds is 2. The summed E-state index contributed by atoms with van der Waals surface area (Å²) >= 11 is 5.36. The van der Waals surface area contributed by atoms with E-state index in [9.17, 15) is 0 Å². The Morgan fingerprint density at radius 1 is 1.32 bits per heavy atom. The van der Waals surface area contributed by atoms with E-state index in [4.69, 9.17) is 5.73 Å². The van der Waals surface area contributed by atoms with E-state index < -0.39 is 0 Å². The number of fused-ring (bicyclic) bond motifs is 1. The van der Waals surface area contributed by atoms with Crippen molar-refractivity contribution in [2.45, 2.75) is 31.7 Å². The number of nitrogens with two attached hydrogens (primary N) is 1. The first-order valence-electron chi connectivity index (χ1n) is 6.80. The summed E-state index contributed by atoms with van der Waals surface area (Å²) in [4.78, 5) is 1.44. The van der Waals surface area contributed by atoms with Crippen LogP contribution in [0.15, 0.2) is 40.2 Å². The van der Waals surface area contributed by atoms with Gasteiger partial charge in [0.15, 0.2) is 0 Å². The summed E-state index contributed by atoms with van der Waals surface area (Å²) in [6.45, 7) is 0. The molecule has 3 rings (SSSR count). The van der Waals surface area contributed by atoms with Gasteiger partial charge in [-0.25, -0.2) is 0 Å². The molecule has 0 saturated heterocycles. The van der Waals surface area contributed by atoms with Crippen molar-refractivity contribution in [3.8, 4) is 0 Å². The fraction of sp³-hybridized carbons (Fsp3) is 0.375. The number of thiophene rings is 1. The second kappa shape index (κ2) is 5.78. The minimum Gasteiger partial charge on any atom is -0.324 e. The molecule has 0 saturated carbocycles. The van der Waals surface area contributed by atoms with Crippen molar-refractivity contribution in [1.82, 2.24) is 0 Å². The highest BCUT2D eigenvalue weighted by Gasteiger charge is 2.25. The van der Waals surface area contributed by atoms with Crippen LogP contribution in [0, 0.1) is 5.92 Å². The van der Waals surface area contributed by atoms with Gasteiger partial charge in [0.05, 0.1) is 0 Å². The Kier molecular flexibility index (Phi) is 4.06. The van der Waals surface area contributed by atoms with Gasteiger partial charge in [0, 0.05) is 20.8 Å². The third-order valence-electron chi connectivity index (χ3n) is 4.03. The number of hydrogen-bond acceptors (Lipinski definition) is 2. The van der Waals surface area contributed by atoms with Crippen molar-refractivity contribution < 1.29 is 0 Å². The average molecular weight is 336 g/mol. The van der Waals surface area contributed by atoms with Gasteiger partial charge in [0.25, 0.3) is 0 Å². The van der Waals surface area contributed by atoms with E-state index in [0.717, 1.165) is 6.42 Å². The van der Waals surface area contributed by atoms with E-state index in [1.54, 1.807) is 0 Å². The minimum absolute atomic E-state index is 0.180. The van der Waals surface area contributed by atoms with Gasteiger partial charge in [0.1, 0.15) is 0 Å². The first-order chi connectivity index (χ1) is 9.24. The molecule has 1 aliphatic rings. The van der Waals surface area contributed by atoms with Gasteiger partial charge in [0.2, 0.25) is 0 Å². The van der Waals surface area contributed by atoms with Gasteiger partial charge in [-0.2, -0.15) is 0 Å². The number of halogens is 1.